The minimum Gasteiger partial charge on any atom is -0.379 e. The molecule has 1 aromatic rings. The molecule has 2 N–H and O–H groups in total. The van der Waals surface area contributed by atoms with Gasteiger partial charge in [-0.05, 0) is 25.1 Å². The average molecular weight is 357 g/mol. The summed E-state index contributed by atoms with van der Waals surface area (Å²) in [6.07, 6.45) is -4.72. The number of alkyl halides is 3. The van der Waals surface area contributed by atoms with Crippen LogP contribution in [0.5, 0.6) is 0 Å². The van der Waals surface area contributed by atoms with Gasteiger partial charge in [0.25, 0.3) is 5.91 Å². The number of halogens is 3. The maximum absolute atomic E-state index is 13.0. The Labute approximate surface area is 142 Å². The van der Waals surface area contributed by atoms with E-state index in [0.717, 1.165) is 6.07 Å². The standard InChI is InChI=1S/C16H18F3N3O3/c1-15(24,10-22-4-6-25-7-5-22)14(23)21-12-3-2-11(9-20)13(8-12)16(17,18)19/h2-3,8,24H,4-7,10H2,1H3,(H,21,23)/t15-/m0/s1. The van der Waals surface area contributed by atoms with Crippen LogP contribution in [0.15, 0.2) is 18.2 Å². The van der Waals surface area contributed by atoms with E-state index in [-0.39, 0.29) is 12.2 Å². The number of anilines is 1. The lowest BCUT2D eigenvalue weighted by Crippen LogP contribution is -2.52. The molecule has 1 atom stereocenters. The number of nitrogens with one attached hydrogen (secondary N) is 1. The number of nitriles is 1. The van der Waals surface area contributed by atoms with Crippen LogP contribution in [0.3, 0.4) is 0 Å². The maximum atomic E-state index is 13.0. The highest BCUT2D eigenvalue weighted by molar-refractivity contribution is 5.97. The van der Waals surface area contributed by atoms with Crippen molar-refractivity contribution < 1.29 is 27.8 Å². The van der Waals surface area contributed by atoms with Crippen molar-refractivity contribution >= 4 is 11.6 Å². The monoisotopic (exact) mass is 357 g/mol. The first-order chi connectivity index (χ1) is 11.6. The Balaban J connectivity index is 2.12. The van der Waals surface area contributed by atoms with Crippen LogP contribution in [-0.2, 0) is 15.7 Å². The molecule has 1 aliphatic rings. The molecule has 1 saturated heterocycles. The highest BCUT2D eigenvalue weighted by Gasteiger charge is 2.36. The van der Waals surface area contributed by atoms with Crippen LogP contribution >= 0.6 is 0 Å². The molecule has 1 amide bonds. The second-order valence-corrected chi connectivity index (χ2v) is 5.99. The predicted molar refractivity (Wildman–Crippen MR) is 82.7 cm³/mol. The zero-order chi connectivity index (χ0) is 18.7. The number of aliphatic hydroxyl groups is 1. The van der Waals surface area contributed by atoms with Crippen LogP contribution in [0.1, 0.15) is 18.1 Å². The topological polar surface area (TPSA) is 85.6 Å². The van der Waals surface area contributed by atoms with Gasteiger partial charge in [-0.15, -0.1) is 0 Å². The normalized spacial score (nSPS) is 18.2. The number of rotatable bonds is 4. The van der Waals surface area contributed by atoms with E-state index >= 15 is 0 Å². The van der Waals surface area contributed by atoms with Gasteiger partial charge >= 0.3 is 6.18 Å². The minimum atomic E-state index is -4.72. The van der Waals surface area contributed by atoms with Gasteiger partial charge < -0.3 is 15.2 Å². The van der Waals surface area contributed by atoms with Crippen LogP contribution in [0.4, 0.5) is 18.9 Å². The third-order valence-electron chi connectivity index (χ3n) is 3.83. The molecule has 25 heavy (non-hydrogen) atoms. The molecule has 136 valence electrons. The summed E-state index contributed by atoms with van der Waals surface area (Å²) in [7, 11) is 0. The summed E-state index contributed by atoms with van der Waals surface area (Å²) in [4.78, 5) is 14.1. The van der Waals surface area contributed by atoms with Gasteiger partial charge in [0.1, 0.15) is 0 Å². The molecule has 6 nitrogen and oxygen atoms in total. The second kappa shape index (κ2) is 7.39. The summed E-state index contributed by atoms with van der Waals surface area (Å²) in [6, 6.07) is 4.32. The molecule has 0 radical (unpaired) electrons. The van der Waals surface area contributed by atoms with E-state index in [1.165, 1.54) is 19.1 Å². The molecular weight excluding hydrogens is 339 g/mol. The van der Waals surface area contributed by atoms with Crippen LogP contribution < -0.4 is 5.32 Å². The van der Waals surface area contributed by atoms with Crippen molar-refractivity contribution in [3.8, 4) is 6.07 Å². The number of hydrogen-bond acceptors (Lipinski definition) is 5. The first kappa shape index (κ1) is 19.2. The molecule has 0 aliphatic carbocycles. The molecule has 1 aliphatic heterocycles. The lowest BCUT2D eigenvalue weighted by Gasteiger charge is -2.32. The highest BCUT2D eigenvalue weighted by atomic mass is 19.4. The van der Waals surface area contributed by atoms with E-state index in [1.54, 1.807) is 0 Å². The average Bonchev–Trinajstić information content (AvgIpc) is 2.54. The van der Waals surface area contributed by atoms with Crippen LogP contribution in [0, 0.1) is 11.3 Å². The molecule has 0 bridgehead atoms. The first-order valence-corrected chi connectivity index (χ1v) is 7.59. The van der Waals surface area contributed by atoms with Gasteiger partial charge in [0.05, 0.1) is 30.4 Å². The molecule has 1 heterocycles. The predicted octanol–water partition coefficient (Wildman–Crippen LogP) is 1.60. The quantitative estimate of drug-likeness (QED) is 0.855. The third-order valence-corrected chi connectivity index (χ3v) is 3.83. The molecular formula is C16H18F3N3O3. The van der Waals surface area contributed by atoms with Crippen molar-refractivity contribution in [3.63, 3.8) is 0 Å². The second-order valence-electron chi connectivity index (χ2n) is 5.99. The van der Waals surface area contributed by atoms with E-state index in [9.17, 15) is 23.1 Å². The molecule has 0 spiro atoms. The van der Waals surface area contributed by atoms with Crippen molar-refractivity contribution in [2.45, 2.75) is 18.7 Å². The Bertz CT molecular complexity index is 677. The highest BCUT2D eigenvalue weighted by Crippen LogP contribution is 2.33. The zero-order valence-corrected chi connectivity index (χ0v) is 13.6. The molecule has 0 unspecified atom stereocenters. The Morgan fingerprint density at radius 3 is 2.60 bits per heavy atom. The Kier molecular flexibility index (Phi) is 5.67. The smallest absolute Gasteiger partial charge is 0.379 e. The van der Waals surface area contributed by atoms with Gasteiger partial charge in [-0.1, -0.05) is 0 Å². The minimum absolute atomic E-state index is 0.0323. The van der Waals surface area contributed by atoms with E-state index < -0.39 is 28.8 Å². The fourth-order valence-electron chi connectivity index (χ4n) is 2.49. The summed E-state index contributed by atoms with van der Waals surface area (Å²) in [5.74, 6) is -0.822. The van der Waals surface area contributed by atoms with Gasteiger partial charge in [0, 0.05) is 25.3 Å². The fraction of sp³-hybridized carbons (Fsp3) is 0.500. The summed E-state index contributed by atoms with van der Waals surface area (Å²) < 4.78 is 44.1. The van der Waals surface area contributed by atoms with E-state index in [2.05, 4.69) is 5.32 Å². The van der Waals surface area contributed by atoms with Gasteiger partial charge in [0.2, 0.25) is 0 Å². The van der Waals surface area contributed by atoms with Gasteiger partial charge in [-0.25, -0.2) is 0 Å². The number of β-amino-alcohol motifs (C(OH)–C–C–N with tert-alkyl or cyclic N) is 1. The largest absolute Gasteiger partial charge is 0.417 e. The van der Waals surface area contributed by atoms with Crippen molar-refractivity contribution in [2.75, 3.05) is 38.2 Å². The van der Waals surface area contributed by atoms with Crippen molar-refractivity contribution in [1.82, 2.24) is 4.90 Å². The van der Waals surface area contributed by atoms with Crippen LogP contribution in [0.2, 0.25) is 0 Å². The zero-order valence-electron chi connectivity index (χ0n) is 13.6. The molecule has 1 aromatic carbocycles. The summed E-state index contributed by atoms with van der Waals surface area (Å²) in [6.45, 7) is 3.41. The van der Waals surface area contributed by atoms with Gasteiger partial charge in [-0.3, -0.25) is 9.69 Å². The summed E-state index contributed by atoms with van der Waals surface area (Å²) in [5.41, 5.74) is -3.60. The molecule has 0 saturated carbocycles. The Hall–Kier alpha value is -2.15. The fourth-order valence-corrected chi connectivity index (χ4v) is 2.49. The number of carbonyl (C=O) groups excluding carboxylic acids is 1. The van der Waals surface area contributed by atoms with Gasteiger partial charge in [0.15, 0.2) is 5.60 Å². The number of amides is 1. The van der Waals surface area contributed by atoms with E-state index in [1.807, 2.05) is 4.90 Å². The van der Waals surface area contributed by atoms with Crippen molar-refractivity contribution in [2.24, 2.45) is 0 Å². The maximum Gasteiger partial charge on any atom is 0.417 e. The van der Waals surface area contributed by atoms with Crippen LogP contribution in [0.25, 0.3) is 0 Å². The number of benzene rings is 1. The lowest BCUT2D eigenvalue weighted by atomic mass is 10.0. The summed E-state index contributed by atoms with van der Waals surface area (Å²) in [5, 5.41) is 21.4. The SMILES string of the molecule is C[C@](O)(CN1CCOCC1)C(=O)Nc1ccc(C#N)c(C(F)(F)F)c1. The van der Waals surface area contributed by atoms with Crippen molar-refractivity contribution in [1.29, 1.82) is 5.26 Å². The number of morpholine rings is 1. The van der Waals surface area contributed by atoms with Gasteiger partial charge in [-0.2, -0.15) is 18.4 Å². The summed E-state index contributed by atoms with van der Waals surface area (Å²) >= 11 is 0. The number of hydrogen-bond donors (Lipinski definition) is 2. The van der Waals surface area contributed by atoms with E-state index in [4.69, 9.17) is 10.00 Å². The Morgan fingerprint density at radius 1 is 1.40 bits per heavy atom. The Morgan fingerprint density at radius 2 is 2.04 bits per heavy atom. The molecule has 9 heteroatoms. The first-order valence-electron chi connectivity index (χ1n) is 7.59. The number of carbonyl (C=O) groups is 1. The van der Waals surface area contributed by atoms with Crippen LogP contribution in [-0.4, -0.2) is 54.4 Å². The number of ether oxygens (including phenoxy) is 1. The van der Waals surface area contributed by atoms with Crippen molar-refractivity contribution in [3.05, 3.63) is 29.3 Å². The van der Waals surface area contributed by atoms with E-state index in [0.29, 0.717) is 32.4 Å². The number of nitrogens with zero attached hydrogens (tertiary/aromatic N) is 2. The lowest BCUT2D eigenvalue weighted by molar-refractivity contribution is -0.138. The molecule has 0 aromatic heterocycles. The molecule has 1 fully saturated rings. The molecule has 2 rings (SSSR count). The third kappa shape index (κ3) is 4.92.